The normalized spacial score (nSPS) is 51.7. The molecule has 70 valence electrons. The predicted molar refractivity (Wildman–Crippen MR) is 53.3 cm³/mol. The molecule has 0 heterocycles. The zero-order valence-corrected chi connectivity index (χ0v) is 8.26. The zero-order chi connectivity index (χ0) is 8.41. The van der Waals surface area contributed by atoms with E-state index in [0.717, 1.165) is 23.7 Å². The number of rotatable bonds is 0. The predicted octanol–water partition coefficient (Wildman–Crippen LogP) is 3.53. The molecule has 0 aromatic carbocycles. The fraction of sp³-hybridized carbons (Fsp3) is 0.846. The molecule has 13 heavy (non-hydrogen) atoms. The maximum atomic E-state index is 2.01. The Morgan fingerprint density at radius 1 is 0.615 bits per heavy atom. The Kier molecular flexibility index (Phi) is 1.21. The van der Waals surface area contributed by atoms with E-state index >= 15 is 0 Å². The number of fused-ring (bicyclic) bond motifs is 8. The first-order valence-electron chi connectivity index (χ1n) is 6.17. The van der Waals surface area contributed by atoms with Crippen molar-refractivity contribution < 1.29 is 0 Å². The topological polar surface area (TPSA) is 0 Å². The van der Waals surface area contributed by atoms with Gasteiger partial charge in [-0.15, -0.1) is 0 Å². The molecule has 2 saturated carbocycles. The van der Waals surface area contributed by atoms with Crippen molar-refractivity contribution in [3.05, 3.63) is 11.1 Å². The van der Waals surface area contributed by atoms with E-state index < -0.39 is 0 Å². The fourth-order valence-corrected chi connectivity index (χ4v) is 4.91. The molecular weight excluding hydrogens is 156 g/mol. The Bertz CT molecular complexity index is 260. The number of allylic oxidation sites excluding steroid dienone is 2. The summed E-state index contributed by atoms with van der Waals surface area (Å²) in [5, 5.41) is 0. The molecule has 0 radical (unpaired) electrons. The van der Waals surface area contributed by atoms with Gasteiger partial charge in [0.15, 0.2) is 0 Å². The van der Waals surface area contributed by atoms with Gasteiger partial charge in [-0.05, 0) is 62.2 Å². The molecule has 0 N–H and O–H groups in total. The third-order valence-corrected chi connectivity index (χ3v) is 5.20. The Hall–Kier alpha value is -0.260. The lowest BCUT2D eigenvalue weighted by Gasteiger charge is -2.24. The molecule has 0 aliphatic heterocycles. The van der Waals surface area contributed by atoms with Crippen LogP contribution in [-0.4, -0.2) is 0 Å². The lowest BCUT2D eigenvalue weighted by Crippen LogP contribution is -2.12. The van der Waals surface area contributed by atoms with Crippen LogP contribution >= 0.6 is 0 Å². The van der Waals surface area contributed by atoms with Crippen LogP contribution in [0.4, 0.5) is 0 Å². The summed E-state index contributed by atoms with van der Waals surface area (Å²) in [6.45, 7) is 0. The molecule has 4 aliphatic rings. The van der Waals surface area contributed by atoms with E-state index in [1.54, 1.807) is 38.5 Å². The number of hydrogen-bond donors (Lipinski definition) is 0. The van der Waals surface area contributed by atoms with Gasteiger partial charge in [-0.2, -0.15) is 0 Å². The molecule has 0 nitrogen and oxygen atoms in total. The van der Waals surface area contributed by atoms with Crippen LogP contribution in [0.1, 0.15) is 44.9 Å². The van der Waals surface area contributed by atoms with Crippen molar-refractivity contribution in [1.29, 1.82) is 0 Å². The van der Waals surface area contributed by atoms with E-state index in [4.69, 9.17) is 0 Å². The van der Waals surface area contributed by atoms with Gasteiger partial charge in [0.05, 0.1) is 0 Å². The highest BCUT2D eigenvalue weighted by Gasteiger charge is 2.49. The van der Waals surface area contributed by atoms with Crippen LogP contribution in [0.5, 0.6) is 0 Å². The van der Waals surface area contributed by atoms with E-state index in [0.29, 0.717) is 0 Å². The SMILES string of the molecule is C1CC2CC(C1)C1=C2C2CCC1C2. The molecule has 2 fully saturated rings. The minimum atomic E-state index is 1.07. The van der Waals surface area contributed by atoms with Crippen molar-refractivity contribution in [3.8, 4) is 0 Å². The minimum Gasteiger partial charge on any atom is -0.0642 e. The molecule has 0 aromatic heterocycles. The van der Waals surface area contributed by atoms with E-state index in [2.05, 4.69) is 0 Å². The minimum absolute atomic E-state index is 1.07. The first kappa shape index (κ1) is 7.09. The van der Waals surface area contributed by atoms with Gasteiger partial charge < -0.3 is 0 Å². The van der Waals surface area contributed by atoms with Gasteiger partial charge in [0.2, 0.25) is 0 Å². The second-order valence-corrected chi connectivity index (χ2v) is 5.68. The Morgan fingerprint density at radius 2 is 1.08 bits per heavy atom. The molecule has 4 bridgehead atoms. The molecule has 0 amide bonds. The van der Waals surface area contributed by atoms with Crippen molar-refractivity contribution in [2.45, 2.75) is 44.9 Å². The summed E-state index contributed by atoms with van der Waals surface area (Å²) in [7, 11) is 0. The third kappa shape index (κ3) is 0.742. The molecule has 0 heteroatoms. The molecule has 4 atom stereocenters. The van der Waals surface area contributed by atoms with E-state index in [-0.39, 0.29) is 0 Å². The fourth-order valence-electron chi connectivity index (χ4n) is 4.91. The second-order valence-electron chi connectivity index (χ2n) is 5.68. The van der Waals surface area contributed by atoms with Crippen molar-refractivity contribution >= 4 is 0 Å². The van der Waals surface area contributed by atoms with Crippen LogP contribution in [0.3, 0.4) is 0 Å². The van der Waals surface area contributed by atoms with E-state index in [1.165, 1.54) is 6.42 Å². The molecule has 0 aromatic rings. The van der Waals surface area contributed by atoms with E-state index in [9.17, 15) is 0 Å². The zero-order valence-electron chi connectivity index (χ0n) is 8.26. The standard InChI is InChI=1S/C13H18/c1-2-8-6-9(3-1)13-11-5-4-10(7-11)12(8)13/h8-11H,1-7H2. The molecule has 4 aliphatic carbocycles. The number of hydrogen-bond acceptors (Lipinski definition) is 0. The van der Waals surface area contributed by atoms with Crippen molar-refractivity contribution in [2.24, 2.45) is 23.7 Å². The van der Waals surface area contributed by atoms with Crippen molar-refractivity contribution in [1.82, 2.24) is 0 Å². The second kappa shape index (κ2) is 2.21. The monoisotopic (exact) mass is 174 g/mol. The summed E-state index contributed by atoms with van der Waals surface area (Å²) in [4.78, 5) is 0. The first-order valence-corrected chi connectivity index (χ1v) is 6.17. The van der Waals surface area contributed by atoms with Crippen molar-refractivity contribution in [3.63, 3.8) is 0 Å². The lowest BCUT2D eigenvalue weighted by molar-refractivity contribution is 0.338. The maximum Gasteiger partial charge on any atom is -0.0192 e. The molecular formula is C13H18. The van der Waals surface area contributed by atoms with Crippen LogP contribution in [0, 0.1) is 23.7 Å². The van der Waals surface area contributed by atoms with Crippen molar-refractivity contribution in [2.75, 3.05) is 0 Å². The highest BCUT2D eigenvalue weighted by molar-refractivity contribution is 5.38. The summed E-state index contributed by atoms with van der Waals surface area (Å²) >= 11 is 0. The lowest BCUT2D eigenvalue weighted by atomic mass is 9.81. The first-order chi connectivity index (χ1) is 6.43. The molecule has 0 spiro atoms. The van der Waals surface area contributed by atoms with Crippen LogP contribution < -0.4 is 0 Å². The summed E-state index contributed by atoms with van der Waals surface area (Å²) in [6, 6.07) is 0. The summed E-state index contributed by atoms with van der Waals surface area (Å²) in [6.07, 6.45) is 10.8. The average molecular weight is 174 g/mol. The van der Waals surface area contributed by atoms with Crippen LogP contribution in [-0.2, 0) is 0 Å². The molecule has 4 rings (SSSR count). The molecule has 4 unspecified atom stereocenters. The van der Waals surface area contributed by atoms with Crippen LogP contribution in [0.15, 0.2) is 11.1 Å². The summed E-state index contributed by atoms with van der Waals surface area (Å²) < 4.78 is 0. The summed E-state index contributed by atoms with van der Waals surface area (Å²) in [5.74, 6) is 4.30. The van der Waals surface area contributed by atoms with Crippen LogP contribution in [0.25, 0.3) is 0 Å². The smallest absolute Gasteiger partial charge is 0.0192 e. The Labute approximate surface area is 80.4 Å². The van der Waals surface area contributed by atoms with E-state index in [1.807, 2.05) is 11.1 Å². The Morgan fingerprint density at radius 3 is 1.62 bits per heavy atom. The quantitative estimate of drug-likeness (QED) is 0.389. The van der Waals surface area contributed by atoms with Gasteiger partial charge in [-0.1, -0.05) is 17.6 Å². The third-order valence-electron chi connectivity index (χ3n) is 5.20. The highest BCUT2D eigenvalue weighted by atomic mass is 14.5. The van der Waals surface area contributed by atoms with Crippen LogP contribution in [0.2, 0.25) is 0 Å². The van der Waals surface area contributed by atoms with Gasteiger partial charge in [-0.25, -0.2) is 0 Å². The van der Waals surface area contributed by atoms with Gasteiger partial charge in [0, 0.05) is 0 Å². The van der Waals surface area contributed by atoms with Gasteiger partial charge in [0.1, 0.15) is 0 Å². The maximum absolute atomic E-state index is 2.01. The summed E-state index contributed by atoms with van der Waals surface area (Å²) in [5.41, 5.74) is 4.03. The Balaban J connectivity index is 1.84. The largest absolute Gasteiger partial charge is 0.0642 e. The van der Waals surface area contributed by atoms with Gasteiger partial charge >= 0.3 is 0 Å². The highest BCUT2D eigenvalue weighted by Crippen LogP contribution is 2.61. The van der Waals surface area contributed by atoms with Gasteiger partial charge in [-0.3, -0.25) is 0 Å². The molecule has 0 saturated heterocycles. The average Bonchev–Trinajstić information content (AvgIpc) is 2.80. The van der Waals surface area contributed by atoms with Gasteiger partial charge in [0.25, 0.3) is 0 Å².